The Morgan fingerprint density at radius 1 is 1.08 bits per heavy atom. The molecule has 24 heavy (non-hydrogen) atoms. The minimum atomic E-state index is -1.13. The van der Waals surface area contributed by atoms with Crippen molar-refractivity contribution in [3.05, 3.63) is 29.8 Å². The molecule has 9 heteroatoms. The van der Waals surface area contributed by atoms with Crippen molar-refractivity contribution in [1.82, 2.24) is 10.6 Å². The number of benzene rings is 1. The molecule has 0 radical (unpaired) electrons. The zero-order valence-corrected chi connectivity index (χ0v) is 12.8. The molecule has 0 heterocycles. The van der Waals surface area contributed by atoms with Crippen LogP contribution in [0.4, 0.5) is 0 Å². The molecule has 0 aliphatic heterocycles. The summed E-state index contributed by atoms with van der Waals surface area (Å²) in [4.78, 5) is 45.1. The minimum Gasteiger partial charge on any atom is -0.508 e. The van der Waals surface area contributed by atoms with Gasteiger partial charge in [0.2, 0.25) is 17.7 Å². The number of aliphatic carboxylic acids is 1. The lowest BCUT2D eigenvalue weighted by Crippen LogP contribution is -2.49. The normalized spacial score (nSPS) is 11.3. The Balaban J connectivity index is 2.75. The average molecular weight is 337 g/mol. The van der Waals surface area contributed by atoms with Gasteiger partial charge in [0.15, 0.2) is 0 Å². The van der Waals surface area contributed by atoms with E-state index in [1.54, 1.807) is 12.1 Å². The lowest BCUT2D eigenvalue weighted by molar-refractivity contribution is -0.139. The highest BCUT2D eigenvalue weighted by molar-refractivity contribution is 5.91. The molecule has 9 nitrogen and oxygen atoms in total. The first-order valence-electron chi connectivity index (χ1n) is 7.13. The van der Waals surface area contributed by atoms with E-state index < -0.39 is 29.7 Å². The van der Waals surface area contributed by atoms with E-state index in [1.165, 1.54) is 12.1 Å². The number of nitrogens with one attached hydrogen (secondary N) is 2. The number of amides is 3. The number of aromatic hydroxyl groups is 1. The van der Waals surface area contributed by atoms with Gasteiger partial charge in [0, 0.05) is 12.8 Å². The van der Waals surface area contributed by atoms with Gasteiger partial charge in [-0.25, -0.2) is 0 Å². The lowest BCUT2D eigenvalue weighted by Gasteiger charge is -2.18. The summed E-state index contributed by atoms with van der Waals surface area (Å²) < 4.78 is 0. The molecule has 0 saturated heterocycles. The zero-order chi connectivity index (χ0) is 18.1. The molecule has 130 valence electrons. The summed E-state index contributed by atoms with van der Waals surface area (Å²) in [6, 6.07) is 5.01. The van der Waals surface area contributed by atoms with Crippen molar-refractivity contribution in [3.8, 4) is 5.75 Å². The van der Waals surface area contributed by atoms with Gasteiger partial charge in [0.1, 0.15) is 11.8 Å². The van der Waals surface area contributed by atoms with Crippen LogP contribution in [0.5, 0.6) is 5.75 Å². The fourth-order valence-electron chi connectivity index (χ4n) is 1.86. The van der Waals surface area contributed by atoms with Crippen LogP contribution in [0.1, 0.15) is 18.4 Å². The maximum Gasteiger partial charge on any atom is 0.303 e. The number of nitrogens with two attached hydrogens (primary N) is 1. The van der Waals surface area contributed by atoms with Gasteiger partial charge >= 0.3 is 5.97 Å². The number of hydrogen-bond donors (Lipinski definition) is 5. The maximum atomic E-state index is 12.1. The summed E-state index contributed by atoms with van der Waals surface area (Å²) in [6.45, 7) is -0.379. The molecule has 3 amide bonds. The van der Waals surface area contributed by atoms with Gasteiger partial charge in [-0.15, -0.1) is 0 Å². The van der Waals surface area contributed by atoms with E-state index in [9.17, 15) is 24.3 Å². The van der Waals surface area contributed by atoms with Crippen LogP contribution in [0.2, 0.25) is 0 Å². The summed E-state index contributed by atoms with van der Waals surface area (Å²) in [5, 5.41) is 22.6. The van der Waals surface area contributed by atoms with Gasteiger partial charge in [-0.1, -0.05) is 12.1 Å². The Morgan fingerprint density at radius 3 is 2.25 bits per heavy atom. The Morgan fingerprint density at radius 2 is 1.71 bits per heavy atom. The van der Waals surface area contributed by atoms with Crippen LogP contribution in [0.3, 0.4) is 0 Å². The average Bonchev–Trinajstić information content (AvgIpc) is 2.52. The van der Waals surface area contributed by atoms with Crippen LogP contribution in [0, 0.1) is 0 Å². The van der Waals surface area contributed by atoms with Crippen molar-refractivity contribution in [3.63, 3.8) is 0 Å². The lowest BCUT2D eigenvalue weighted by atomic mass is 10.0. The second kappa shape index (κ2) is 9.13. The molecule has 6 N–H and O–H groups in total. The van der Waals surface area contributed by atoms with Crippen LogP contribution >= 0.6 is 0 Å². The van der Waals surface area contributed by atoms with E-state index in [4.69, 9.17) is 10.8 Å². The molecule has 1 atom stereocenters. The molecule has 0 bridgehead atoms. The molecule has 1 rings (SSSR count). The topological polar surface area (TPSA) is 159 Å². The van der Waals surface area contributed by atoms with E-state index in [0.29, 0.717) is 5.56 Å². The molecule has 0 aliphatic rings. The molecule has 1 aromatic rings. The van der Waals surface area contributed by atoms with Crippen LogP contribution in [0.25, 0.3) is 0 Å². The van der Waals surface area contributed by atoms with Crippen molar-refractivity contribution in [1.29, 1.82) is 0 Å². The number of phenolic OH excluding ortho intramolecular Hbond substituents is 1. The third-order valence-electron chi connectivity index (χ3n) is 3.03. The second-order valence-corrected chi connectivity index (χ2v) is 5.07. The first-order valence-corrected chi connectivity index (χ1v) is 7.13. The highest BCUT2D eigenvalue weighted by atomic mass is 16.4. The number of carbonyl (C=O) groups is 4. The largest absolute Gasteiger partial charge is 0.508 e. The predicted molar refractivity (Wildman–Crippen MR) is 82.8 cm³/mol. The van der Waals surface area contributed by atoms with Crippen LogP contribution < -0.4 is 16.4 Å². The van der Waals surface area contributed by atoms with Crippen LogP contribution in [-0.2, 0) is 25.6 Å². The first-order chi connectivity index (χ1) is 11.3. The first kappa shape index (κ1) is 18.9. The number of carboxylic acids is 1. The molecule has 0 aromatic heterocycles. The van der Waals surface area contributed by atoms with Crippen LogP contribution in [0.15, 0.2) is 24.3 Å². The summed E-state index contributed by atoms with van der Waals surface area (Å²) in [5.41, 5.74) is 5.62. The number of carboxylic acid groups (broad SMARTS) is 1. The summed E-state index contributed by atoms with van der Waals surface area (Å²) in [6.07, 6.45) is -0.533. The molecular weight excluding hydrogens is 318 g/mol. The van der Waals surface area contributed by atoms with E-state index in [-0.39, 0.29) is 31.6 Å². The van der Waals surface area contributed by atoms with Crippen molar-refractivity contribution in [2.45, 2.75) is 25.3 Å². The summed E-state index contributed by atoms with van der Waals surface area (Å²) in [7, 11) is 0. The van der Waals surface area contributed by atoms with Crippen molar-refractivity contribution in [2.24, 2.45) is 5.73 Å². The standard InChI is InChI=1S/C15H19N3O6/c16-12(20)8-17-15(24)11(18-13(21)5-6-14(22)23)7-9-1-3-10(19)4-2-9/h1-4,11,19H,5-8H2,(H2,16,20)(H,17,24)(H,18,21)(H,22,23)/t11-/m0/s1. The Labute approximate surface area is 137 Å². The molecule has 0 saturated carbocycles. The van der Waals surface area contributed by atoms with Crippen molar-refractivity contribution < 1.29 is 29.4 Å². The molecule has 0 spiro atoms. The van der Waals surface area contributed by atoms with Crippen molar-refractivity contribution >= 4 is 23.7 Å². The van der Waals surface area contributed by atoms with E-state index in [0.717, 1.165) is 0 Å². The third kappa shape index (κ3) is 7.25. The monoisotopic (exact) mass is 337 g/mol. The molecule has 1 aromatic carbocycles. The Hall–Kier alpha value is -3.10. The quantitative estimate of drug-likeness (QED) is 0.384. The van der Waals surface area contributed by atoms with E-state index in [2.05, 4.69) is 10.6 Å². The third-order valence-corrected chi connectivity index (χ3v) is 3.03. The van der Waals surface area contributed by atoms with Gasteiger partial charge in [-0.2, -0.15) is 0 Å². The maximum absolute atomic E-state index is 12.1. The zero-order valence-electron chi connectivity index (χ0n) is 12.8. The SMILES string of the molecule is NC(=O)CNC(=O)[C@H](Cc1ccc(O)cc1)NC(=O)CCC(=O)O. The number of hydrogen-bond acceptors (Lipinski definition) is 5. The molecule has 0 aliphatic carbocycles. The highest BCUT2D eigenvalue weighted by Crippen LogP contribution is 2.11. The Kier molecular flexibility index (Phi) is 7.21. The predicted octanol–water partition coefficient (Wildman–Crippen LogP) is -1.11. The van der Waals surface area contributed by atoms with Gasteiger partial charge in [0.25, 0.3) is 0 Å². The minimum absolute atomic E-state index is 0.0546. The smallest absolute Gasteiger partial charge is 0.303 e. The van der Waals surface area contributed by atoms with Gasteiger partial charge in [-0.3, -0.25) is 19.2 Å². The second-order valence-electron chi connectivity index (χ2n) is 5.07. The number of rotatable bonds is 9. The van der Waals surface area contributed by atoms with Gasteiger partial charge < -0.3 is 26.6 Å². The van der Waals surface area contributed by atoms with Gasteiger partial charge in [0.05, 0.1) is 13.0 Å². The van der Waals surface area contributed by atoms with Crippen LogP contribution in [-0.4, -0.2) is 46.5 Å². The van der Waals surface area contributed by atoms with Gasteiger partial charge in [-0.05, 0) is 17.7 Å². The van der Waals surface area contributed by atoms with E-state index >= 15 is 0 Å². The summed E-state index contributed by atoms with van der Waals surface area (Å²) >= 11 is 0. The van der Waals surface area contributed by atoms with Crippen molar-refractivity contribution in [2.75, 3.05) is 6.54 Å². The molecule has 0 unspecified atom stereocenters. The Bertz CT molecular complexity index is 614. The molecule has 0 fully saturated rings. The number of primary amides is 1. The highest BCUT2D eigenvalue weighted by Gasteiger charge is 2.21. The summed E-state index contributed by atoms with van der Waals surface area (Å²) in [5.74, 6) is -3.03. The molecular formula is C15H19N3O6. The number of carbonyl (C=O) groups excluding carboxylic acids is 3. The fraction of sp³-hybridized carbons (Fsp3) is 0.333. The number of phenols is 1. The fourth-order valence-corrected chi connectivity index (χ4v) is 1.86. The van der Waals surface area contributed by atoms with E-state index in [1.807, 2.05) is 0 Å².